The maximum Gasteiger partial charge on any atom is 0.338 e. The van der Waals surface area contributed by atoms with Gasteiger partial charge in [0.25, 0.3) is 5.89 Å². The van der Waals surface area contributed by atoms with Crippen LogP contribution in [0, 0.1) is 0 Å². The minimum absolute atomic E-state index is 0.0274. The third-order valence-electron chi connectivity index (χ3n) is 2.63. The van der Waals surface area contributed by atoms with Gasteiger partial charge in [-0.3, -0.25) is 0 Å². The summed E-state index contributed by atoms with van der Waals surface area (Å²) in [4.78, 5) is 16.0. The summed E-state index contributed by atoms with van der Waals surface area (Å²) in [6, 6.07) is 7.09. The number of hydrogen-bond acceptors (Lipinski definition) is 6. The van der Waals surface area contributed by atoms with Crippen molar-refractivity contribution in [3.63, 3.8) is 0 Å². The molecule has 0 aliphatic carbocycles. The van der Waals surface area contributed by atoms with Crippen molar-refractivity contribution in [2.75, 3.05) is 7.11 Å². The summed E-state index contributed by atoms with van der Waals surface area (Å²) in [7, 11) is 1.60. The Balaban J connectivity index is 1.95. The van der Waals surface area contributed by atoms with Crippen molar-refractivity contribution >= 4 is 5.97 Å². The molecule has 0 unspecified atom stereocenters. The van der Waals surface area contributed by atoms with Gasteiger partial charge in [0.05, 0.1) is 12.2 Å². The van der Waals surface area contributed by atoms with Gasteiger partial charge >= 0.3 is 5.97 Å². The van der Waals surface area contributed by atoms with E-state index < -0.39 is 5.97 Å². The Morgan fingerprint density at radius 1 is 1.35 bits per heavy atom. The average molecular weight is 276 g/mol. The number of nitrogens with zero attached hydrogens (tertiary/aromatic N) is 2. The van der Waals surface area contributed by atoms with Crippen molar-refractivity contribution in [3.05, 3.63) is 47.1 Å². The van der Waals surface area contributed by atoms with Crippen LogP contribution in [-0.4, -0.2) is 23.2 Å². The SMILES string of the molecule is CCc1noc(COC(=O)c2cccc(COC)c2)n1. The molecule has 0 N–H and O–H groups in total. The van der Waals surface area contributed by atoms with E-state index in [2.05, 4.69) is 10.1 Å². The summed E-state index contributed by atoms with van der Waals surface area (Å²) >= 11 is 0. The van der Waals surface area contributed by atoms with Crippen LogP contribution in [0.2, 0.25) is 0 Å². The highest BCUT2D eigenvalue weighted by atomic mass is 16.6. The molecule has 0 aliphatic heterocycles. The maximum absolute atomic E-state index is 11.9. The smallest absolute Gasteiger partial charge is 0.338 e. The third-order valence-corrected chi connectivity index (χ3v) is 2.63. The molecule has 0 atom stereocenters. The van der Waals surface area contributed by atoms with Gasteiger partial charge in [-0.05, 0) is 17.7 Å². The van der Waals surface area contributed by atoms with Crippen LogP contribution in [0.15, 0.2) is 28.8 Å². The lowest BCUT2D eigenvalue weighted by atomic mass is 10.1. The molecule has 2 aromatic rings. The third kappa shape index (κ3) is 3.64. The Kier molecular flexibility index (Phi) is 4.84. The summed E-state index contributed by atoms with van der Waals surface area (Å²) < 4.78 is 15.1. The second-order valence-corrected chi connectivity index (χ2v) is 4.17. The van der Waals surface area contributed by atoms with Gasteiger partial charge in [-0.15, -0.1) is 0 Å². The predicted molar refractivity (Wildman–Crippen MR) is 70.0 cm³/mol. The minimum atomic E-state index is -0.431. The van der Waals surface area contributed by atoms with Crippen LogP contribution >= 0.6 is 0 Å². The first-order valence-corrected chi connectivity index (χ1v) is 6.29. The molecular weight excluding hydrogens is 260 g/mol. The van der Waals surface area contributed by atoms with E-state index >= 15 is 0 Å². The zero-order valence-electron chi connectivity index (χ0n) is 11.5. The zero-order valence-corrected chi connectivity index (χ0v) is 11.5. The summed E-state index contributed by atoms with van der Waals surface area (Å²) in [5.41, 5.74) is 1.38. The average Bonchev–Trinajstić information content (AvgIpc) is 2.93. The van der Waals surface area contributed by atoms with Gasteiger partial charge in [0, 0.05) is 13.5 Å². The van der Waals surface area contributed by atoms with E-state index in [1.54, 1.807) is 25.3 Å². The Labute approximate surface area is 116 Å². The molecule has 0 aliphatic rings. The largest absolute Gasteiger partial charge is 0.452 e. The van der Waals surface area contributed by atoms with Gasteiger partial charge < -0.3 is 14.0 Å². The van der Waals surface area contributed by atoms with E-state index in [0.717, 1.165) is 5.56 Å². The van der Waals surface area contributed by atoms with Gasteiger partial charge in [-0.1, -0.05) is 24.2 Å². The fraction of sp³-hybridized carbons (Fsp3) is 0.357. The topological polar surface area (TPSA) is 74.5 Å². The summed E-state index contributed by atoms with van der Waals surface area (Å²) in [6.07, 6.45) is 0.677. The molecule has 0 spiro atoms. The van der Waals surface area contributed by atoms with E-state index in [1.807, 2.05) is 13.0 Å². The van der Waals surface area contributed by atoms with E-state index in [9.17, 15) is 4.79 Å². The van der Waals surface area contributed by atoms with Crippen LogP contribution in [-0.2, 0) is 29.1 Å². The highest BCUT2D eigenvalue weighted by Gasteiger charge is 2.11. The fourth-order valence-electron chi connectivity index (χ4n) is 1.66. The number of aryl methyl sites for hydroxylation is 1. The lowest BCUT2D eigenvalue weighted by Crippen LogP contribution is -2.06. The number of benzene rings is 1. The van der Waals surface area contributed by atoms with Crippen molar-refractivity contribution in [1.29, 1.82) is 0 Å². The number of aromatic nitrogens is 2. The molecule has 1 aromatic heterocycles. The molecule has 0 bridgehead atoms. The predicted octanol–water partition coefficient (Wildman–Crippen LogP) is 2.14. The Morgan fingerprint density at radius 2 is 2.20 bits per heavy atom. The number of carbonyl (C=O) groups excluding carboxylic acids is 1. The molecule has 0 fully saturated rings. The molecule has 0 saturated carbocycles. The Hall–Kier alpha value is -2.21. The van der Waals surface area contributed by atoms with Crippen molar-refractivity contribution in [1.82, 2.24) is 10.1 Å². The maximum atomic E-state index is 11.9. The van der Waals surface area contributed by atoms with Gasteiger partial charge in [-0.2, -0.15) is 4.98 Å². The molecule has 20 heavy (non-hydrogen) atoms. The van der Waals surface area contributed by atoms with Crippen LogP contribution < -0.4 is 0 Å². The lowest BCUT2D eigenvalue weighted by Gasteiger charge is -2.04. The van der Waals surface area contributed by atoms with E-state index in [1.165, 1.54) is 0 Å². The molecule has 0 amide bonds. The van der Waals surface area contributed by atoms with E-state index in [0.29, 0.717) is 30.3 Å². The molecule has 106 valence electrons. The fourth-order valence-corrected chi connectivity index (χ4v) is 1.66. The van der Waals surface area contributed by atoms with Crippen molar-refractivity contribution in [2.24, 2.45) is 0 Å². The number of rotatable bonds is 6. The first-order valence-electron chi connectivity index (χ1n) is 6.29. The summed E-state index contributed by atoms with van der Waals surface area (Å²) in [6.45, 7) is 2.34. The van der Waals surface area contributed by atoms with Crippen LogP contribution in [0.4, 0.5) is 0 Å². The van der Waals surface area contributed by atoms with E-state index in [-0.39, 0.29) is 6.61 Å². The monoisotopic (exact) mass is 276 g/mol. The molecule has 0 saturated heterocycles. The molecule has 1 aromatic carbocycles. The molecular formula is C14H16N2O4. The normalized spacial score (nSPS) is 10.5. The molecule has 2 rings (SSSR count). The van der Waals surface area contributed by atoms with Crippen molar-refractivity contribution in [3.8, 4) is 0 Å². The number of methoxy groups -OCH3 is 1. The molecule has 0 radical (unpaired) electrons. The van der Waals surface area contributed by atoms with Gasteiger partial charge in [0.15, 0.2) is 12.4 Å². The second kappa shape index (κ2) is 6.81. The van der Waals surface area contributed by atoms with Gasteiger partial charge in [0.1, 0.15) is 0 Å². The summed E-state index contributed by atoms with van der Waals surface area (Å²) in [5.74, 6) is 0.459. The van der Waals surface area contributed by atoms with E-state index in [4.69, 9.17) is 14.0 Å². The Morgan fingerprint density at radius 3 is 2.90 bits per heavy atom. The number of ether oxygens (including phenoxy) is 2. The highest BCUT2D eigenvalue weighted by Crippen LogP contribution is 2.09. The molecule has 6 heteroatoms. The number of esters is 1. The van der Waals surface area contributed by atoms with Gasteiger partial charge in [-0.25, -0.2) is 4.79 Å². The number of carbonyl (C=O) groups is 1. The first kappa shape index (κ1) is 14.2. The van der Waals surface area contributed by atoms with Crippen LogP contribution in [0.5, 0.6) is 0 Å². The Bertz CT molecular complexity index is 580. The zero-order chi connectivity index (χ0) is 14.4. The van der Waals surface area contributed by atoms with Crippen LogP contribution in [0.25, 0.3) is 0 Å². The summed E-state index contributed by atoms with van der Waals surface area (Å²) in [5, 5.41) is 3.73. The van der Waals surface area contributed by atoms with Crippen LogP contribution in [0.1, 0.15) is 34.6 Å². The van der Waals surface area contributed by atoms with Crippen LogP contribution in [0.3, 0.4) is 0 Å². The standard InChI is InChI=1S/C14H16N2O4/c1-3-12-15-13(20-16-12)9-19-14(17)11-6-4-5-10(7-11)8-18-2/h4-7H,3,8-9H2,1-2H3. The molecule has 6 nitrogen and oxygen atoms in total. The van der Waals surface area contributed by atoms with Gasteiger partial charge in [0.2, 0.25) is 0 Å². The minimum Gasteiger partial charge on any atom is -0.452 e. The quantitative estimate of drug-likeness (QED) is 0.752. The highest BCUT2D eigenvalue weighted by molar-refractivity contribution is 5.89. The number of hydrogen-bond donors (Lipinski definition) is 0. The van der Waals surface area contributed by atoms with Crippen molar-refractivity contribution in [2.45, 2.75) is 26.6 Å². The van der Waals surface area contributed by atoms with Crippen molar-refractivity contribution < 1.29 is 18.8 Å². The second-order valence-electron chi connectivity index (χ2n) is 4.17. The lowest BCUT2D eigenvalue weighted by molar-refractivity contribution is 0.0429. The first-order chi connectivity index (χ1) is 9.72. The molecule has 1 heterocycles.